The Balaban J connectivity index is 1.86. The average molecular weight is 514 g/mol. The lowest BCUT2D eigenvalue weighted by atomic mass is 9.99. The second-order valence-electron chi connectivity index (χ2n) is 10.4. The summed E-state index contributed by atoms with van der Waals surface area (Å²) in [5, 5.41) is 1.97. The van der Waals surface area contributed by atoms with Crippen LogP contribution in [0.4, 0.5) is 13.2 Å². The summed E-state index contributed by atoms with van der Waals surface area (Å²) in [6.07, 6.45) is -0.460. The molecule has 0 bridgehead atoms. The van der Waals surface area contributed by atoms with E-state index in [1.165, 1.54) is 0 Å². The third-order valence-electron chi connectivity index (χ3n) is 7.01. The van der Waals surface area contributed by atoms with E-state index in [1.807, 2.05) is 43.3 Å². The number of benzene rings is 3. The van der Waals surface area contributed by atoms with E-state index in [-0.39, 0.29) is 5.04 Å². The fraction of sp³-hybridized carbons (Fsp3) is 0.379. The number of hydrogen-bond donors (Lipinski definition) is 0. The Bertz CT molecular complexity index is 1090. The predicted octanol–water partition coefficient (Wildman–Crippen LogP) is 5.44. The van der Waals surface area contributed by atoms with Crippen molar-refractivity contribution in [3.8, 4) is 0 Å². The highest BCUT2D eigenvalue weighted by atomic mass is 28.4. The van der Waals surface area contributed by atoms with Crippen LogP contribution in [0.5, 0.6) is 0 Å². The van der Waals surface area contributed by atoms with Crippen LogP contribution in [0.3, 0.4) is 0 Å². The molecule has 0 amide bonds. The molecular weight excluding hydrogens is 479 g/mol. The number of nitrogens with zero attached hydrogens (tertiary/aromatic N) is 1. The van der Waals surface area contributed by atoms with Crippen molar-refractivity contribution in [3.05, 3.63) is 95.8 Å². The van der Waals surface area contributed by atoms with Gasteiger partial charge in [0.05, 0.1) is 25.4 Å². The van der Waals surface area contributed by atoms with Gasteiger partial charge in [0.2, 0.25) is 0 Å². The monoisotopic (exact) mass is 513 g/mol. The summed E-state index contributed by atoms with van der Waals surface area (Å²) >= 11 is 0. The Kier molecular flexibility index (Phi) is 8.05. The molecule has 0 aromatic heterocycles. The van der Waals surface area contributed by atoms with Crippen molar-refractivity contribution >= 4 is 18.7 Å². The van der Waals surface area contributed by atoms with Crippen LogP contribution in [0.15, 0.2) is 72.8 Å². The van der Waals surface area contributed by atoms with E-state index in [0.717, 1.165) is 22.5 Å². The highest BCUT2D eigenvalue weighted by molar-refractivity contribution is 6.99. The Hall–Kier alpha value is -2.45. The quantitative estimate of drug-likeness (QED) is 0.310. The minimum Gasteiger partial charge on any atom is -0.403 e. The summed E-state index contributed by atoms with van der Waals surface area (Å²) in [5.74, 6) is -3.85. The van der Waals surface area contributed by atoms with E-state index < -0.39 is 37.9 Å². The van der Waals surface area contributed by atoms with E-state index in [1.54, 1.807) is 0 Å². The van der Waals surface area contributed by atoms with Crippen molar-refractivity contribution in [3.63, 3.8) is 0 Å². The van der Waals surface area contributed by atoms with Gasteiger partial charge < -0.3 is 9.16 Å². The van der Waals surface area contributed by atoms with E-state index >= 15 is 0 Å². The Labute approximate surface area is 213 Å². The van der Waals surface area contributed by atoms with Gasteiger partial charge in [-0.15, -0.1) is 0 Å². The number of rotatable bonds is 7. The van der Waals surface area contributed by atoms with Crippen molar-refractivity contribution in [2.45, 2.75) is 44.9 Å². The van der Waals surface area contributed by atoms with Gasteiger partial charge in [0.15, 0.2) is 17.5 Å². The van der Waals surface area contributed by atoms with Crippen LogP contribution in [0, 0.1) is 17.5 Å². The zero-order chi connectivity index (χ0) is 25.9. The van der Waals surface area contributed by atoms with E-state index in [0.29, 0.717) is 31.9 Å². The van der Waals surface area contributed by atoms with E-state index in [9.17, 15) is 13.2 Å². The van der Waals surface area contributed by atoms with Crippen molar-refractivity contribution in [1.29, 1.82) is 0 Å². The van der Waals surface area contributed by atoms with Gasteiger partial charge in [-0.2, -0.15) is 0 Å². The molecule has 36 heavy (non-hydrogen) atoms. The van der Waals surface area contributed by atoms with Gasteiger partial charge in [-0.25, -0.2) is 13.2 Å². The predicted molar refractivity (Wildman–Crippen MR) is 140 cm³/mol. The molecule has 0 radical (unpaired) electrons. The van der Waals surface area contributed by atoms with Crippen LogP contribution in [-0.4, -0.2) is 45.6 Å². The lowest BCUT2D eigenvalue weighted by Crippen LogP contribution is -2.68. The summed E-state index contributed by atoms with van der Waals surface area (Å²) in [6, 6.07) is 22.2. The van der Waals surface area contributed by atoms with Crippen LogP contribution in [0.1, 0.15) is 39.3 Å². The molecule has 0 spiro atoms. The summed E-state index contributed by atoms with van der Waals surface area (Å²) in [5.41, 5.74) is 0.360. The highest BCUT2D eigenvalue weighted by Crippen LogP contribution is 2.40. The molecule has 1 saturated heterocycles. The molecular formula is C29H34F3NO2Si. The zero-order valence-electron chi connectivity index (χ0n) is 21.3. The number of hydrogen-bond acceptors (Lipinski definition) is 3. The first kappa shape index (κ1) is 26.6. The minimum atomic E-state index is -2.93. The topological polar surface area (TPSA) is 21.7 Å². The van der Waals surface area contributed by atoms with Gasteiger partial charge in [-0.05, 0) is 40.0 Å². The maximum atomic E-state index is 14.4. The third kappa shape index (κ3) is 5.16. The van der Waals surface area contributed by atoms with Gasteiger partial charge in [-0.3, -0.25) is 4.90 Å². The lowest BCUT2D eigenvalue weighted by molar-refractivity contribution is -0.0143. The smallest absolute Gasteiger partial charge is 0.261 e. The largest absolute Gasteiger partial charge is 0.403 e. The van der Waals surface area contributed by atoms with Crippen LogP contribution >= 0.6 is 0 Å². The van der Waals surface area contributed by atoms with Crippen LogP contribution in [0.2, 0.25) is 5.04 Å². The molecule has 1 heterocycles. The molecule has 192 valence electrons. The number of halogens is 3. The molecule has 1 aliphatic heterocycles. The summed E-state index contributed by atoms with van der Waals surface area (Å²) < 4.78 is 55.5. The molecule has 3 nitrogen and oxygen atoms in total. The minimum absolute atomic E-state index is 0.265. The Morgan fingerprint density at radius 3 is 1.75 bits per heavy atom. The molecule has 0 aliphatic carbocycles. The first-order valence-electron chi connectivity index (χ1n) is 12.4. The van der Waals surface area contributed by atoms with Crippen LogP contribution < -0.4 is 10.4 Å². The number of morpholine rings is 1. The Morgan fingerprint density at radius 2 is 1.31 bits per heavy atom. The second kappa shape index (κ2) is 10.9. The van der Waals surface area contributed by atoms with Crippen molar-refractivity contribution in [2.24, 2.45) is 0 Å². The highest BCUT2D eigenvalue weighted by Gasteiger charge is 2.52. The zero-order valence-corrected chi connectivity index (χ0v) is 22.3. The third-order valence-corrected chi connectivity index (χ3v) is 12.1. The van der Waals surface area contributed by atoms with E-state index in [2.05, 4.69) is 49.9 Å². The molecule has 3 aromatic carbocycles. The SMILES string of the molecule is C[C@@H](O[Si](c1ccccc1)(c1ccccc1)C(C)(C)C)[C@@H](c1cc(F)c(F)c(F)c1)N1CCOCC1. The average Bonchev–Trinajstić information content (AvgIpc) is 2.87. The molecule has 4 rings (SSSR count). The van der Waals surface area contributed by atoms with Gasteiger partial charge in [-0.1, -0.05) is 81.4 Å². The molecule has 3 aromatic rings. The molecule has 0 unspecified atom stereocenters. The first-order chi connectivity index (χ1) is 17.1. The summed E-state index contributed by atoms with van der Waals surface area (Å²) in [4.78, 5) is 2.12. The molecule has 7 heteroatoms. The molecule has 1 fully saturated rings. The fourth-order valence-corrected chi connectivity index (χ4v) is 10.1. The van der Waals surface area contributed by atoms with Gasteiger partial charge in [0, 0.05) is 13.1 Å². The maximum Gasteiger partial charge on any atom is 0.261 e. The number of ether oxygens (including phenoxy) is 1. The van der Waals surface area contributed by atoms with Gasteiger partial charge in [0.25, 0.3) is 8.32 Å². The fourth-order valence-electron chi connectivity index (χ4n) is 5.41. The Morgan fingerprint density at radius 1 is 0.833 bits per heavy atom. The van der Waals surface area contributed by atoms with Crippen molar-refractivity contribution in [1.82, 2.24) is 4.90 Å². The van der Waals surface area contributed by atoms with Crippen molar-refractivity contribution in [2.75, 3.05) is 26.3 Å². The summed E-state index contributed by atoms with van der Waals surface area (Å²) in [6.45, 7) is 10.7. The molecule has 2 atom stereocenters. The summed E-state index contributed by atoms with van der Waals surface area (Å²) in [7, 11) is -2.93. The first-order valence-corrected chi connectivity index (χ1v) is 14.3. The van der Waals surface area contributed by atoms with Crippen molar-refractivity contribution < 1.29 is 22.3 Å². The molecule has 1 aliphatic rings. The van der Waals surface area contributed by atoms with Crippen LogP contribution in [-0.2, 0) is 9.16 Å². The molecule has 0 N–H and O–H groups in total. The molecule has 0 saturated carbocycles. The van der Waals surface area contributed by atoms with Gasteiger partial charge in [0.1, 0.15) is 0 Å². The standard InChI is InChI=1S/C29H34F3NO2Si/c1-21(28(33-15-17-34-18-16-33)22-19-25(30)27(32)26(31)20-22)35-36(29(2,3)4,23-11-7-5-8-12-23)24-13-9-6-10-14-24/h5-14,19-21,28H,15-18H2,1-4H3/t21-,28+/m1/s1. The second-order valence-corrected chi connectivity index (χ2v) is 14.6. The maximum absolute atomic E-state index is 14.4. The van der Waals surface area contributed by atoms with Gasteiger partial charge >= 0.3 is 0 Å². The lowest BCUT2D eigenvalue weighted by Gasteiger charge is -2.47. The van der Waals surface area contributed by atoms with Crippen LogP contribution in [0.25, 0.3) is 0 Å². The van der Waals surface area contributed by atoms with E-state index in [4.69, 9.17) is 9.16 Å². The normalized spacial score (nSPS) is 17.1.